The maximum Gasteiger partial charge on any atom is 0.166 e. The summed E-state index contributed by atoms with van der Waals surface area (Å²) in [6.45, 7) is 5.03. The fraction of sp³-hybridized carbons (Fsp3) is 0.882. The van der Waals surface area contributed by atoms with Gasteiger partial charge >= 0.3 is 0 Å². The van der Waals surface area contributed by atoms with Crippen LogP contribution in [0.1, 0.15) is 58.3 Å². The average molecular weight is 296 g/mol. The number of unbranched alkanes of at least 4 members (excludes halogenated alkanes) is 2. The summed E-state index contributed by atoms with van der Waals surface area (Å²) in [5.41, 5.74) is 0. The first-order valence-corrected chi connectivity index (χ1v) is 8.25. The Labute approximate surface area is 128 Å². The molecule has 0 radical (unpaired) electrons. The number of hydrogen-bond donors (Lipinski definition) is 0. The maximum atomic E-state index is 5.69. The second kappa shape index (κ2) is 9.42. The Hall–Kier alpha value is -0.600. The van der Waals surface area contributed by atoms with Crippen LogP contribution in [0, 0.1) is 11.8 Å². The lowest BCUT2D eigenvalue weighted by molar-refractivity contribution is -0.162. The molecule has 0 N–H and O–H groups in total. The van der Waals surface area contributed by atoms with Crippen LogP contribution in [0.15, 0.2) is 0 Å². The highest BCUT2D eigenvalue weighted by Gasteiger charge is 2.29. The molecule has 0 spiro atoms. The molecule has 0 aromatic rings. The van der Waals surface area contributed by atoms with Crippen molar-refractivity contribution in [2.24, 2.45) is 0 Å². The molecule has 2 aliphatic heterocycles. The van der Waals surface area contributed by atoms with E-state index in [9.17, 15) is 0 Å². The van der Waals surface area contributed by atoms with Crippen molar-refractivity contribution in [3.8, 4) is 11.8 Å². The van der Waals surface area contributed by atoms with E-state index in [0.29, 0.717) is 13.2 Å². The van der Waals surface area contributed by atoms with Crippen molar-refractivity contribution in [1.82, 2.24) is 0 Å². The van der Waals surface area contributed by atoms with Crippen molar-refractivity contribution in [1.29, 1.82) is 0 Å². The van der Waals surface area contributed by atoms with Crippen molar-refractivity contribution >= 4 is 0 Å². The Morgan fingerprint density at radius 1 is 1.05 bits per heavy atom. The molecule has 0 aromatic carbocycles. The van der Waals surface area contributed by atoms with Crippen LogP contribution in [0.25, 0.3) is 0 Å². The minimum Gasteiger partial charge on any atom is -0.353 e. The largest absolute Gasteiger partial charge is 0.353 e. The average Bonchev–Trinajstić information content (AvgIpc) is 2.93. The Morgan fingerprint density at radius 2 is 1.86 bits per heavy atom. The van der Waals surface area contributed by atoms with Crippen LogP contribution < -0.4 is 0 Å². The zero-order chi connectivity index (χ0) is 14.8. The van der Waals surface area contributed by atoms with E-state index < -0.39 is 5.79 Å². The van der Waals surface area contributed by atoms with Crippen molar-refractivity contribution in [2.45, 2.75) is 70.4 Å². The van der Waals surface area contributed by atoms with Crippen LogP contribution in [0.2, 0.25) is 0 Å². The molecule has 2 rings (SSSR count). The van der Waals surface area contributed by atoms with Crippen LogP contribution in [0.5, 0.6) is 0 Å². The first-order chi connectivity index (χ1) is 10.3. The summed E-state index contributed by atoms with van der Waals surface area (Å²) in [5.74, 6) is 6.02. The van der Waals surface area contributed by atoms with E-state index in [-0.39, 0.29) is 6.29 Å². The summed E-state index contributed by atoms with van der Waals surface area (Å²) in [5, 5.41) is 0. The summed E-state index contributed by atoms with van der Waals surface area (Å²) in [7, 11) is 0. The van der Waals surface area contributed by atoms with E-state index in [1.54, 1.807) is 0 Å². The van der Waals surface area contributed by atoms with Crippen molar-refractivity contribution < 1.29 is 18.9 Å². The first kappa shape index (κ1) is 16.8. The monoisotopic (exact) mass is 296 g/mol. The third-order valence-corrected chi connectivity index (χ3v) is 3.86. The molecule has 2 fully saturated rings. The van der Waals surface area contributed by atoms with Gasteiger partial charge in [-0.2, -0.15) is 0 Å². The zero-order valence-electron chi connectivity index (χ0n) is 13.2. The van der Waals surface area contributed by atoms with Crippen LogP contribution >= 0.6 is 0 Å². The molecule has 2 aliphatic rings. The van der Waals surface area contributed by atoms with Gasteiger partial charge in [-0.3, -0.25) is 0 Å². The summed E-state index contributed by atoms with van der Waals surface area (Å²) >= 11 is 0. The molecule has 120 valence electrons. The summed E-state index contributed by atoms with van der Waals surface area (Å²) < 4.78 is 22.3. The van der Waals surface area contributed by atoms with Crippen LogP contribution in [-0.4, -0.2) is 38.5 Å². The van der Waals surface area contributed by atoms with Gasteiger partial charge in [-0.1, -0.05) is 0 Å². The molecule has 4 nitrogen and oxygen atoms in total. The molecule has 1 atom stereocenters. The number of rotatable bonds is 7. The Balaban J connectivity index is 1.42. The Morgan fingerprint density at radius 3 is 2.62 bits per heavy atom. The van der Waals surface area contributed by atoms with Gasteiger partial charge in [0.1, 0.15) is 0 Å². The fourth-order valence-corrected chi connectivity index (χ4v) is 2.54. The SMILES string of the molecule is CC1(CCC#CCCCCOC2CCCCO2)OCCO1. The standard InChI is InChI=1S/C17H28O4/c1-17(20-14-15-21-17)11-7-4-2-3-5-8-12-18-16-10-6-9-13-19-16/h16H,3,5-15H2,1H3. The molecule has 2 heterocycles. The van der Waals surface area contributed by atoms with Crippen LogP contribution in [0.3, 0.4) is 0 Å². The molecule has 1 unspecified atom stereocenters. The van der Waals surface area contributed by atoms with E-state index in [4.69, 9.17) is 18.9 Å². The molecule has 0 bridgehead atoms. The molecule has 0 aromatic heterocycles. The molecule has 2 saturated heterocycles. The number of hydrogen-bond acceptors (Lipinski definition) is 4. The van der Waals surface area contributed by atoms with E-state index >= 15 is 0 Å². The van der Waals surface area contributed by atoms with Gasteiger partial charge in [0.2, 0.25) is 0 Å². The molecule has 21 heavy (non-hydrogen) atoms. The van der Waals surface area contributed by atoms with Crippen LogP contribution in [0.4, 0.5) is 0 Å². The van der Waals surface area contributed by atoms with E-state index in [0.717, 1.165) is 51.7 Å². The topological polar surface area (TPSA) is 36.9 Å². The first-order valence-electron chi connectivity index (χ1n) is 8.25. The number of ether oxygens (including phenoxy) is 4. The molecular formula is C17H28O4. The fourth-order valence-electron chi connectivity index (χ4n) is 2.54. The Bertz CT molecular complexity index is 332. The lowest BCUT2D eigenvalue weighted by Crippen LogP contribution is -2.24. The van der Waals surface area contributed by atoms with Gasteiger partial charge < -0.3 is 18.9 Å². The summed E-state index contributed by atoms with van der Waals surface area (Å²) in [4.78, 5) is 0. The second-order valence-electron chi connectivity index (χ2n) is 5.81. The maximum absolute atomic E-state index is 5.69. The van der Waals surface area contributed by atoms with Crippen molar-refractivity contribution in [3.63, 3.8) is 0 Å². The second-order valence-corrected chi connectivity index (χ2v) is 5.81. The molecule has 0 saturated carbocycles. The third kappa shape index (κ3) is 6.80. The highest BCUT2D eigenvalue weighted by molar-refractivity contribution is 4.99. The van der Waals surface area contributed by atoms with Gasteiger partial charge in [0.05, 0.1) is 13.2 Å². The van der Waals surface area contributed by atoms with Gasteiger partial charge in [-0.15, -0.1) is 11.8 Å². The van der Waals surface area contributed by atoms with Gasteiger partial charge in [0.15, 0.2) is 12.1 Å². The van der Waals surface area contributed by atoms with E-state index in [1.165, 1.54) is 12.8 Å². The molecule has 0 amide bonds. The molecule has 4 heteroatoms. The van der Waals surface area contributed by atoms with Gasteiger partial charge in [0, 0.05) is 32.5 Å². The van der Waals surface area contributed by atoms with Gasteiger partial charge in [-0.25, -0.2) is 0 Å². The third-order valence-electron chi connectivity index (χ3n) is 3.86. The van der Waals surface area contributed by atoms with Crippen molar-refractivity contribution in [3.05, 3.63) is 0 Å². The van der Waals surface area contributed by atoms with Gasteiger partial charge in [-0.05, 0) is 39.0 Å². The predicted octanol–water partition coefficient (Wildman–Crippen LogP) is 3.25. The van der Waals surface area contributed by atoms with Crippen LogP contribution in [-0.2, 0) is 18.9 Å². The van der Waals surface area contributed by atoms with Crippen molar-refractivity contribution in [2.75, 3.05) is 26.4 Å². The summed E-state index contributed by atoms with van der Waals surface area (Å²) in [6, 6.07) is 0. The lowest BCUT2D eigenvalue weighted by Gasteiger charge is -2.22. The minimum atomic E-state index is -0.400. The quantitative estimate of drug-likeness (QED) is 0.534. The highest BCUT2D eigenvalue weighted by Crippen LogP contribution is 2.23. The van der Waals surface area contributed by atoms with E-state index in [1.807, 2.05) is 6.92 Å². The Kier molecular flexibility index (Phi) is 7.52. The normalized spacial score (nSPS) is 24.5. The minimum absolute atomic E-state index is 0.0389. The smallest absolute Gasteiger partial charge is 0.166 e. The zero-order valence-corrected chi connectivity index (χ0v) is 13.2. The highest BCUT2D eigenvalue weighted by atomic mass is 16.7. The van der Waals surface area contributed by atoms with E-state index in [2.05, 4.69) is 11.8 Å². The molecular weight excluding hydrogens is 268 g/mol. The predicted molar refractivity (Wildman–Crippen MR) is 80.7 cm³/mol. The summed E-state index contributed by atoms with van der Waals surface area (Å²) in [6.07, 6.45) is 8.24. The molecule has 0 aliphatic carbocycles. The lowest BCUT2D eigenvalue weighted by atomic mass is 10.1. The van der Waals surface area contributed by atoms with Gasteiger partial charge in [0.25, 0.3) is 0 Å².